The monoisotopic (exact) mass is 564 g/mol. The van der Waals surface area contributed by atoms with E-state index in [0.717, 1.165) is 45.1 Å². The number of nitrogens with zero attached hydrogens (tertiary/aromatic N) is 1. The fraction of sp³-hybridized carbons (Fsp3) is 0.919. The molecular weight excluding hydrogens is 490 g/mol. The number of hydrogen-bond acceptors (Lipinski definition) is 2. The quantitative estimate of drug-likeness (QED) is 0.0653. The lowest BCUT2D eigenvalue weighted by atomic mass is 9.81. The molecule has 2 unspecified atom stereocenters. The maximum Gasteiger partial charge on any atom is 0.306 e. The maximum atomic E-state index is 12.3. The average Bonchev–Trinajstić information content (AvgIpc) is 2.93. The Morgan fingerprint density at radius 2 is 0.975 bits per heavy atom. The summed E-state index contributed by atoms with van der Waals surface area (Å²) in [4.78, 5) is 14.5. The molecule has 0 aromatic rings. The number of aliphatic carboxylic acids is 1. The second-order valence-corrected chi connectivity index (χ2v) is 13.0. The number of carboxylic acids is 1. The third-order valence-corrected chi connectivity index (χ3v) is 8.78. The van der Waals surface area contributed by atoms with Gasteiger partial charge in [0, 0.05) is 0 Å². The summed E-state index contributed by atoms with van der Waals surface area (Å²) >= 11 is 0. The van der Waals surface area contributed by atoms with Gasteiger partial charge >= 0.3 is 5.97 Å². The molecule has 0 aliphatic heterocycles. The van der Waals surface area contributed by atoms with Crippen LogP contribution < -0.4 is 0 Å². The number of rotatable bonds is 32. The third-order valence-electron chi connectivity index (χ3n) is 8.78. The van der Waals surface area contributed by atoms with E-state index in [1.807, 2.05) is 0 Å². The second-order valence-electron chi connectivity index (χ2n) is 13.0. The summed E-state index contributed by atoms with van der Waals surface area (Å²) in [5.74, 6) is -0.403. The zero-order valence-corrected chi connectivity index (χ0v) is 27.9. The van der Waals surface area contributed by atoms with Gasteiger partial charge in [0.05, 0.1) is 5.92 Å². The van der Waals surface area contributed by atoms with Gasteiger partial charge in [-0.1, -0.05) is 154 Å². The molecule has 0 bridgehead atoms. The number of unbranched alkanes of at least 4 members (excludes halogenated alkanes) is 20. The minimum atomic E-state index is -0.560. The predicted octanol–water partition coefficient (Wildman–Crippen LogP) is 12.0. The van der Waals surface area contributed by atoms with Crippen LogP contribution in [0.3, 0.4) is 0 Å². The summed E-state index contributed by atoms with van der Waals surface area (Å²) in [6.07, 6.45) is 39.4. The summed E-state index contributed by atoms with van der Waals surface area (Å²) in [7, 11) is 4.20. The van der Waals surface area contributed by atoms with Crippen LogP contribution in [0.1, 0.15) is 187 Å². The van der Waals surface area contributed by atoms with Crippen molar-refractivity contribution in [1.29, 1.82) is 0 Å². The largest absolute Gasteiger partial charge is 0.481 e. The van der Waals surface area contributed by atoms with Gasteiger partial charge < -0.3 is 10.0 Å². The van der Waals surface area contributed by atoms with E-state index >= 15 is 0 Å². The molecule has 0 aliphatic carbocycles. The summed E-state index contributed by atoms with van der Waals surface area (Å²) < 4.78 is 0. The van der Waals surface area contributed by atoms with E-state index in [4.69, 9.17) is 0 Å². The zero-order chi connectivity index (χ0) is 29.5. The molecule has 0 radical (unpaired) electrons. The molecule has 0 heterocycles. The highest BCUT2D eigenvalue weighted by atomic mass is 16.4. The van der Waals surface area contributed by atoms with Crippen LogP contribution in [0.4, 0.5) is 0 Å². The van der Waals surface area contributed by atoms with Crippen molar-refractivity contribution in [3.05, 3.63) is 12.2 Å². The predicted molar refractivity (Wildman–Crippen MR) is 178 cm³/mol. The molecule has 0 aromatic carbocycles. The fourth-order valence-corrected chi connectivity index (χ4v) is 6.09. The van der Waals surface area contributed by atoms with E-state index in [2.05, 4.69) is 45.0 Å². The standard InChI is InChI=1S/C37H73NO2/c1-5-7-9-11-13-15-16-17-18-19-20-22-24-26-28-32-35(31-27-25-23-21-14-12-10-8-6-2)36(37(39)40)33-29-30-34-38(3)4/h23,25,35-36H,5-22,24,26-34H2,1-4H3,(H,39,40). The minimum Gasteiger partial charge on any atom is -0.481 e. The van der Waals surface area contributed by atoms with Gasteiger partial charge in [0.2, 0.25) is 0 Å². The van der Waals surface area contributed by atoms with Crippen molar-refractivity contribution in [1.82, 2.24) is 4.90 Å². The third kappa shape index (κ3) is 27.3. The molecule has 0 aromatic heterocycles. The van der Waals surface area contributed by atoms with Crippen LogP contribution in [0.25, 0.3) is 0 Å². The highest BCUT2D eigenvalue weighted by molar-refractivity contribution is 5.70. The van der Waals surface area contributed by atoms with Crippen LogP contribution in [-0.4, -0.2) is 36.6 Å². The second kappa shape index (κ2) is 31.1. The Kier molecular flexibility index (Phi) is 30.5. The Labute approximate surface area is 252 Å². The SMILES string of the molecule is CCCCCCCC=CCCC(CCCCCCCCCCCCCCCCC)C(CCCCN(C)C)C(=O)O. The van der Waals surface area contributed by atoms with Gasteiger partial charge in [0.1, 0.15) is 0 Å². The van der Waals surface area contributed by atoms with E-state index in [1.165, 1.54) is 135 Å². The molecule has 0 amide bonds. The Morgan fingerprint density at radius 3 is 1.45 bits per heavy atom. The van der Waals surface area contributed by atoms with Crippen LogP contribution in [-0.2, 0) is 4.79 Å². The van der Waals surface area contributed by atoms with Gasteiger partial charge in [0.25, 0.3) is 0 Å². The smallest absolute Gasteiger partial charge is 0.306 e. The Bertz CT molecular complexity index is 544. The van der Waals surface area contributed by atoms with Gasteiger partial charge in [-0.25, -0.2) is 0 Å². The summed E-state index contributed by atoms with van der Waals surface area (Å²) in [6, 6.07) is 0. The first-order valence-electron chi connectivity index (χ1n) is 18.0. The van der Waals surface area contributed by atoms with Crippen molar-refractivity contribution in [2.75, 3.05) is 20.6 Å². The van der Waals surface area contributed by atoms with Gasteiger partial charge in [-0.05, 0) is 71.5 Å². The van der Waals surface area contributed by atoms with Crippen LogP contribution in [0, 0.1) is 11.8 Å². The molecule has 0 saturated carbocycles. The van der Waals surface area contributed by atoms with Crippen molar-refractivity contribution in [3.8, 4) is 0 Å². The lowest BCUT2D eigenvalue weighted by Gasteiger charge is -2.24. The summed E-state index contributed by atoms with van der Waals surface area (Å²) in [5.41, 5.74) is 0. The Hall–Kier alpha value is -0.830. The molecule has 3 heteroatoms. The van der Waals surface area contributed by atoms with Crippen molar-refractivity contribution in [2.24, 2.45) is 11.8 Å². The van der Waals surface area contributed by atoms with Gasteiger partial charge in [-0.2, -0.15) is 0 Å². The first-order chi connectivity index (χ1) is 19.5. The first-order valence-corrected chi connectivity index (χ1v) is 18.0. The molecule has 2 atom stereocenters. The molecule has 40 heavy (non-hydrogen) atoms. The number of carboxylic acid groups (broad SMARTS) is 1. The normalized spacial score (nSPS) is 13.4. The molecule has 0 rings (SSSR count). The van der Waals surface area contributed by atoms with Crippen molar-refractivity contribution < 1.29 is 9.90 Å². The van der Waals surface area contributed by atoms with E-state index < -0.39 is 5.97 Å². The van der Waals surface area contributed by atoms with Gasteiger partial charge in [-0.15, -0.1) is 0 Å². The maximum absolute atomic E-state index is 12.3. The molecular formula is C37H73NO2. The van der Waals surface area contributed by atoms with E-state index in [-0.39, 0.29) is 5.92 Å². The molecule has 1 N–H and O–H groups in total. The first kappa shape index (κ1) is 39.2. The van der Waals surface area contributed by atoms with E-state index in [9.17, 15) is 9.90 Å². The molecule has 0 fully saturated rings. The number of carbonyl (C=O) groups is 1. The van der Waals surface area contributed by atoms with E-state index in [0.29, 0.717) is 5.92 Å². The van der Waals surface area contributed by atoms with Crippen LogP contribution >= 0.6 is 0 Å². The molecule has 0 saturated heterocycles. The molecule has 238 valence electrons. The van der Waals surface area contributed by atoms with E-state index in [1.54, 1.807) is 0 Å². The highest BCUT2D eigenvalue weighted by Gasteiger charge is 2.26. The molecule has 0 aliphatic rings. The van der Waals surface area contributed by atoms with Crippen molar-refractivity contribution in [2.45, 2.75) is 187 Å². The zero-order valence-electron chi connectivity index (χ0n) is 27.9. The van der Waals surface area contributed by atoms with Crippen LogP contribution in [0.15, 0.2) is 12.2 Å². The fourth-order valence-electron chi connectivity index (χ4n) is 6.09. The topological polar surface area (TPSA) is 40.5 Å². The van der Waals surface area contributed by atoms with Crippen molar-refractivity contribution >= 4 is 5.97 Å². The lowest BCUT2D eigenvalue weighted by Crippen LogP contribution is -2.24. The summed E-state index contributed by atoms with van der Waals surface area (Å²) in [5, 5.41) is 10.1. The lowest BCUT2D eigenvalue weighted by molar-refractivity contribution is -0.144. The Morgan fingerprint density at radius 1 is 0.550 bits per heavy atom. The van der Waals surface area contributed by atoms with Gasteiger partial charge in [-0.3, -0.25) is 4.79 Å². The van der Waals surface area contributed by atoms with Crippen molar-refractivity contribution in [3.63, 3.8) is 0 Å². The number of allylic oxidation sites excluding steroid dienone is 2. The minimum absolute atomic E-state index is 0.170. The van der Waals surface area contributed by atoms with Crippen LogP contribution in [0.5, 0.6) is 0 Å². The molecule has 0 spiro atoms. The summed E-state index contributed by atoms with van der Waals surface area (Å²) in [6.45, 7) is 5.61. The number of hydrogen-bond donors (Lipinski definition) is 1. The Balaban J connectivity index is 4.24. The highest BCUT2D eigenvalue weighted by Crippen LogP contribution is 2.29. The van der Waals surface area contributed by atoms with Crippen LogP contribution in [0.2, 0.25) is 0 Å². The average molecular weight is 564 g/mol. The molecule has 3 nitrogen and oxygen atoms in total. The van der Waals surface area contributed by atoms with Gasteiger partial charge in [0.15, 0.2) is 0 Å².